The van der Waals surface area contributed by atoms with Crippen molar-refractivity contribution in [1.29, 1.82) is 0 Å². The number of carbonyl (C=O) groups excluding carboxylic acids is 1. The van der Waals surface area contributed by atoms with E-state index in [0.29, 0.717) is 5.56 Å². The van der Waals surface area contributed by atoms with E-state index in [1.54, 1.807) is 13.1 Å². The van der Waals surface area contributed by atoms with E-state index in [1.165, 1.54) is 6.07 Å². The second-order valence-electron chi connectivity index (χ2n) is 5.52. The molecule has 0 aliphatic carbocycles. The highest BCUT2D eigenvalue weighted by molar-refractivity contribution is 5.79. The van der Waals surface area contributed by atoms with Crippen molar-refractivity contribution in [3.63, 3.8) is 0 Å². The third-order valence-corrected chi connectivity index (χ3v) is 3.72. The van der Waals surface area contributed by atoms with Crippen molar-refractivity contribution in [2.45, 2.75) is 19.4 Å². The van der Waals surface area contributed by atoms with E-state index >= 15 is 0 Å². The van der Waals surface area contributed by atoms with Gasteiger partial charge in [0.15, 0.2) is 11.6 Å². The van der Waals surface area contributed by atoms with Crippen molar-refractivity contribution in [2.75, 3.05) is 0 Å². The zero-order valence-corrected chi connectivity index (χ0v) is 13.0. The molecule has 0 N–H and O–H groups in total. The van der Waals surface area contributed by atoms with Crippen LogP contribution in [0, 0.1) is 11.6 Å². The van der Waals surface area contributed by atoms with Gasteiger partial charge in [0.25, 0.3) is 0 Å². The third-order valence-electron chi connectivity index (χ3n) is 3.72. The Balaban J connectivity index is 1.69. The molecule has 0 aliphatic heterocycles. The Labute approximate surface area is 137 Å². The summed E-state index contributed by atoms with van der Waals surface area (Å²) in [5, 5.41) is 0.957. The number of rotatable bonds is 4. The van der Waals surface area contributed by atoms with Crippen molar-refractivity contribution in [1.82, 2.24) is 4.98 Å². The zero-order valence-electron chi connectivity index (χ0n) is 13.0. The van der Waals surface area contributed by atoms with Crippen LogP contribution in [0.1, 0.15) is 24.2 Å². The summed E-state index contributed by atoms with van der Waals surface area (Å²) < 4.78 is 31.4. The minimum absolute atomic E-state index is 0.122. The average molecular weight is 327 g/mol. The summed E-state index contributed by atoms with van der Waals surface area (Å²) in [7, 11) is 0. The number of ether oxygens (including phenoxy) is 1. The van der Waals surface area contributed by atoms with Gasteiger partial charge in [-0.1, -0.05) is 24.3 Å². The zero-order chi connectivity index (χ0) is 17.1. The lowest BCUT2D eigenvalue weighted by atomic mass is 10.1. The maximum Gasteiger partial charge on any atom is 0.310 e. The molecule has 0 saturated heterocycles. The summed E-state index contributed by atoms with van der Waals surface area (Å²) in [6.45, 7) is 1.74. The summed E-state index contributed by atoms with van der Waals surface area (Å²) in [5.74, 6) is -2.43. The number of fused-ring (bicyclic) bond motifs is 1. The van der Waals surface area contributed by atoms with Crippen LogP contribution in [0.5, 0.6) is 0 Å². The maximum atomic E-state index is 13.2. The van der Waals surface area contributed by atoms with Crippen LogP contribution in [0.15, 0.2) is 54.7 Å². The Hall–Kier alpha value is -2.82. The Bertz CT molecular complexity index is 895. The Morgan fingerprint density at radius 2 is 1.92 bits per heavy atom. The smallest absolute Gasteiger partial charge is 0.310 e. The predicted molar refractivity (Wildman–Crippen MR) is 86.3 cm³/mol. The second-order valence-corrected chi connectivity index (χ2v) is 5.52. The van der Waals surface area contributed by atoms with Crippen molar-refractivity contribution in [3.05, 3.63) is 77.5 Å². The van der Waals surface area contributed by atoms with Gasteiger partial charge in [-0.15, -0.1) is 0 Å². The van der Waals surface area contributed by atoms with E-state index in [-0.39, 0.29) is 6.42 Å². The van der Waals surface area contributed by atoms with Crippen LogP contribution in [-0.2, 0) is 16.0 Å². The molecule has 0 spiro atoms. The molecule has 0 radical (unpaired) electrons. The first-order valence-electron chi connectivity index (χ1n) is 7.51. The maximum absolute atomic E-state index is 13.2. The molecular formula is C19H15F2NO2. The van der Waals surface area contributed by atoms with Crippen LogP contribution in [0.2, 0.25) is 0 Å². The fourth-order valence-corrected chi connectivity index (χ4v) is 2.43. The Morgan fingerprint density at radius 1 is 1.12 bits per heavy atom. The number of nitrogens with zero attached hydrogens (tertiary/aromatic N) is 1. The van der Waals surface area contributed by atoms with Gasteiger partial charge in [-0.2, -0.15) is 0 Å². The number of esters is 1. The number of halogens is 2. The van der Waals surface area contributed by atoms with Gasteiger partial charge < -0.3 is 4.74 Å². The molecular weight excluding hydrogens is 312 g/mol. The van der Waals surface area contributed by atoms with E-state index in [0.717, 1.165) is 28.6 Å². The first kappa shape index (κ1) is 16.1. The van der Waals surface area contributed by atoms with E-state index < -0.39 is 23.7 Å². The molecule has 0 unspecified atom stereocenters. The molecule has 3 aromatic rings. The molecule has 1 aromatic heterocycles. The summed E-state index contributed by atoms with van der Waals surface area (Å²) in [6, 6.07) is 12.9. The number of hydrogen-bond acceptors (Lipinski definition) is 3. The molecule has 0 amide bonds. The van der Waals surface area contributed by atoms with Gasteiger partial charge in [0, 0.05) is 17.1 Å². The van der Waals surface area contributed by atoms with Crippen LogP contribution in [0.3, 0.4) is 0 Å². The first-order chi connectivity index (χ1) is 11.5. The van der Waals surface area contributed by atoms with Crippen LogP contribution >= 0.6 is 0 Å². The molecule has 2 aromatic carbocycles. The number of pyridine rings is 1. The molecule has 3 nitrogen and oxygen atoms in total. The molecule has 3 rings (SSSR count). The number of benzene rings is 2. The lowest BCUT2D eigenvalue weighted by Crippen LogP contribution is -2.12. The van der Waals surface area contributed by atoms with Gasteiger partial charge in [-0.25, -0.2) is 8.78 Å². The summed E-state index contributed by atoms with van der Waals surface area (Å²) >= 11 is 0. The minimum Gasteiger partial charge on any atom is -0.457 e. The SMILES string of the molecule is C[C@@H](OC(=O)Cc1ccc(F)c(F)c1)c1cnc2ccccc2c1. The Kier molecular flexibility index (Phi) is 4.51. The van der Waals surface area contributed by atoms with Gasteiger partial charge in [-0.3, -0.25) is 9.78 Å². The number of carbonyl (C=O) groups is 1. The van der Waals surface area contributed by atoms with Gasteiger partial charge in [0.05, 0.1) is 11.9 Å². The molecule has 0 fully saturated rings. The van der Waals surface area contributed by atoms with Gasteiger partial charge in [0.2, 0.25) is 0 Å². The van der Waals surface area contributed by atoms with E-state index in [1.807, 2.05) is 30.3 Å². The molecule has 1 atom stereocenters. The van der Waals surface area contributed by atoms with E-state index in [4.69, 9.17) is 4.74 Å². The molecule has 1 heterocycles. The minimum atomic E-state index is -0.980. The van der Waals surface area contributed by atoms with Crippen LogP contribution in [0.25, 0.3) is 10.9 Å². The average Bonchev–Trinajstić information content (AvgIpc) is 2.57. The lowest BCUT2D eigenvalue weighted by molar-refractivity contribution is -0.147. The third kappa shape index (κ3) is 3.56. The van der Waals surface area contributed by atoms with Crippen molar-refractivity contribution in [3.8, 4) is 0 Å². The second kappa shape index (κ2) is 6.74. The quantitative estimate of drug-likeness (QED) is 0.668. The fourth-order valence-electron chi connectivity index (χ4n) is 2.43. The normalized spacial score (nSPS) is 12.1. The fraction of sp³-hybridized carbons (Fsp3) is 0.158. The lowest BCUT2D eigenvalue weighted by Gasteiger charge is -2.14. The van der Waals surface area contributed by atoms with Gasteiger partial charge in [-0.05, 0) is 36.8 Å². The van der Waals surface area contributed by atoms with Gasteiger partial charge >= 0.3 is 5.97 Å². The topological polar surface area (TPSA) is 39.2 Å². The molecule has 0 saturated carbocycles. The summed E-state index contributed by atoms with van der Waals surface area (Å²) in [5.41, 5.74) is 2.00. The first-order valence-corrected chi connectivity index (χ1v) is 7.51. The molecule has 0 aliphatic rings. The standard InChI is InChI=1S/C19H15F2NO2/c1-12(15-10-14-4-2-3-5-18(14)22-11-15)24-19(23)9-13-6-7-16(20)17(21)8-13/h2-8,10-12H,9H2,1H3/t12-/m1/s1. The summed E-state index contributed by atoms with van der Waals surface area (Å²) in [6.07, 6.45) is 1.06. The Morgan fingerprint density at radius 3 is 2.71 bits per heavy atom. The van der Waals surface area contributed by atoms with Gasteiger partial charge in [0.1, 0.15) is 6.10 Å². The molecule has 0 bridgehead atoms. The van der Waals surface area contributed by atoms with Crippen LogP contribution < -0.4 is 0 Å². The molecule has 5 heteroatoms. The highest BCUT2D eigenvalue weighted by atomic mass is 19.2. The predicted octanol–water partition coefficient (Wildman–Crippen LogP) is 4.36. The highest BCUT2D eigenvalue weighted by Crippen LogP contribution is 2.21. The molecule has 122 valence electrons. The van der Waals surface area contributed by atoms with Crippen LogP contribution in [-0.4, -0.2) is 11.0 Å². The summed E-state index contributed by atoms with van der Waals surface area (Å²) in [4.78, 5) is 16.3. The number of para-hydroxylation sites is 1. The van der Waals surface area contributed by atoms with Crippen molar-refractivity contribution >= 4 is 16.9 Å². The van der Waals surface area contributed by atoms with Crippen molar-refractivity contribution < 1.29 is 18.3 Å². The van der Waals surface area contributed by atoms with E-state index in [9.17, 15) is 13.6 Å². The number of hydrogen-bond donors (Lipinski definition) is 0. The highest BCUT2D eigenvalue weighted by Gasteiger charge is 2.14. The van der Waals surface area contributed by atoms with Crippen molar-refractivity contribution in [2.24, 2.45) is 0 Å². The number of aromatic nitrogens is 1. The largest absolute Gasteiger partial charge is 0.457 e. The molecule has 24 heavy (non-hydrogen) atoms. The van der Waals surface area contributed by atoms with E-state index in [2.05, 4.69) is 4.98 Å². The van der Waals surface area contributed by atoms with Crippen LogP contribution in [0.4, 0.5) is 8.78 Å². The monoisotopic (exact) mass is 327 g/mol.